The Morgan fingerprint density at radius 2 is 2.14 bits per heavy atom. The van der Waals surface area contributed by atoms with Gasteiger partial charge in [0, 0.05) is 0 Å². The SMILES string of the molecule is C#CCOc1c(Cl)cc(/C=C(/C#N)c2nc3ccc(C)cc3[nH]2)cc1OCC. The van der Waals surface area contributed by atoms with Crippen LogP contribution >= 0.6 is 11.6 Å². The van der Waals surface area contributed by atoms with Gasteiger partial charge in [-0.2, -0.15) is 5.26 Å². The first kappa shape index (κ1) is 19.4. The molecule has 6 heteroatoms. The molecular formula is C22H18ClN3O2. The summed E-state index contributed by atoms with van der Waals surface area (Å²) >= 11 is 6.35. The number of halogens is 1. The molecule has 0 spiro atoms. The highest BCUT2D eigenvalue weighted by atomic mass is 35.5. The number of fused-ring (bicyclic) bond motifs is 1. The highest BCUT2D eigenvalue weighted by Crippen LogP contribution is 2.37. The molecule has 2 aromatic carbocycles. The minimum Gasteiger partial charge on any atom is -0.490 e. The second-order valence-electron chi connectivity index (χ2n) is 6.03. The van der Waals surface area contributed by atoms with E-state index in [0.29, 0.717) is 40.1 Å². The van der Waals surface area contributed by atoms with Gasteiger partial charge in [0.2, 0.25) is 0 Å². The highest BCUT2D eigenvalue weighted by Gasteiger charge is 2.14. The number of aryl methyl sites for hydroxylation is 1. The fourth-order valence-electron chi connectivity index (χ4n) is 2.76. The van der Waals surface area contributed by atoms with Crippen LogP contribution in [-0.2, 0) is 0 Å². The molecule has 0 bridgehead atoms. The number of imidazole rings is 1. The zero-order chi connectivity index (χ0) is 20.1. The van der Waals surface area contributed by atoms with Crippen molar-refractivity contribution in [3.63, 3.8) is 0 Å². The van der Waals surface area contributed by atoms with Crippen molar-refractivity contribution in [2.45, 2.75) is 13.8 Å². The van der Waals surface area contributed by atoms with E-state index < -0.39 is 0 Å². The van der Waals surface area contributed by atoms with E-state index >= 15 is 0 Å². The summed E-state index contributed by atoms with van der Waals surface area (Å²) in [4.78, 5) is 7.69. The first-order valence-corrected chi connectivity index (χ1v) is 9.04. The van der Waals surface area contributed by atoms with Crippen molar-refractivity contribution in [3.05, 3.63) is 52.3 Å². The average molecular weight is 392 g/mol. The molecule has 0 atom stereocenters. The maximum atomic E-state index is 9.64. The van der Waals surface area contributed by atoms with Crippen LogP contribution in [0.2, 0.25) is 5.02 Å². The van der Waals surface area contributed by atoms with Crippen LogP contribution in [0.3, 0.4) is 0 Å². The zero-order valence-corrected chi connectivity index (χ0v) is 16.3. The molecule has 0 amide bonds. The maximum Gasteiger partial charge on any atom is 0.181 e. The number of aromatic amines is 1. The van der Waals surface area contributed by atoms with Crippen molar-refractivity contribution in [1.82, 2.24) is 9.97 Å². The second kappa shape index (κ2) is 8.52. The number of H-pyrrole nitrogens is 1. The first-order chi connectivity index (χ1) is 13.5. The summed E-state index contributed by atoms with van der Waals surface area (Å²) in [5.74, 6) is 3.75. The Balaban J connectivity index is 2.03. The van der Waals surface area contributed by atoms with Crippen LogP contribution in [0.5, 0.6) is 11.5 Å². The highest BCUT2D eigenvalue weighted by molar-refractivity contribution is 6.32. The van der Waals surface area contributed by atoms with Gasteiger partial charge >= 0.3 is 0 Å². The van der Waals surface area contributed by atoms with Crippen molar-refractivity contribution in [2.75, 3.05) is 13.2 Å². The minimum absolute atomic E-state index is 0.0802. The molecule has 0 saturated carbocycles. The fraction of sp³-hybridized carbons (Fsp3) is 0.182. The lowest BCUT2D eigenvalue weighted by molar-refractivity contribution is 0.299. The van der Waals surface area contributed by atoms with Crippen LogP contribution in [0, 0.1) is 30.6 Å². The van der Waals surface area contributed by atoms with Crippen LogP contribution < -0.4 is 9.47 Å². The predicted octanol–water partition coefficient (Wildman–Crippen LogP) is 5.00. The Morgan fingerprint density at radius 1 is 1.32 bits per heavy atom. The Hall–Kier alpha value is -3.41. The first-order valence-electron chi connectivity index (χ1n) is 8.66. The van der Waals surface area contributed by atoms with E-state index in [1.165, 1.54) is 0 Å². The topological polar surface area (TPSA) is 70.9 Å². The van der Waals surface area contributed by atoms with E-state index in [1.54, 1.807) is 18.2 Å². The third-order valence-electron chi connectivity index (χ3n) is 3.96. The Morgan fingerprint density at radius 3 is 2.86 bits per heavy atom. The van der Waals surface area contributed by atoms with Crippen LogP contribution in [0.15, 0.2) is 30.3 Å². The van der Waals surface area contributed by atoms with Crippen molar-refractivity contribution < 1.29 is 9.47 Å². The number of nitrogens with one attached hydrogen (secondary N) is 1. The monoisotopic (exact) mass is 391 g/mol. The van der Waals surface area contributed by atoms with Gasteiger partial charge in [-0.05, 0) is 55.3 Å². The van der Waals surface area contributed by atoms with Crippen LogP contribution in [0.25, 0.3) is 22.7 Å². The Bertz CT molecular complexity index is 1130. The van der Waals surface area contributed by atoms with Gasteiger partial charge in [-0.25, -0.2) is 4.98 Å². The third-order valence-corrected chi connectivity index (χ3v) is 4.24. The average Bonchev–Trinajstić information content (AvgIpc) is 3.08. The number of nitriles is 1. The molecule has 0 aliphatic heterocycles. The summed E-state index contributed by atoms with van der Waals surface area (Å²) in [6.07, 6.45) is 6.95. The van der Waals surface area contributed by atoms with E-state index in [2.05, 4.69) is 22.0 Å². The molecule has 3 rings (SSSR count). The van der Waals surface area contributed by atoms with Crippen molar-refractivity contribution in [2.24, 2.45) is 0 Å². The number of hydrogen-bond acceptors (Lipinski definition) is 4. The smallest absolute Gasteiger partial charge is 0.181 e. The van der Waals surface area contributed by atoms with E-state index in [1.807, 2.05) is 32.0 Å². The second-order valence-corrected chi connectivity index (χ2v) is 6.44. The summed E-state index contributed by atoms with van der Waals surface area (Å²) in [5.41, 5.74) is 3.86. The van der Waals surface area contributed by atoms with Crippen LogP contribution in [0.1, 0.15) is 23.9 Å². The molecule has 0 radical (unpaired) electrons. The molecule has 0 aliphatic rings. The lowest BCUT2D eigenvalue weighted by Gasteiger charge is -2.13. The van der Waals surface area contributed by atoms with Gasteiger partial charge in [-0.1, -0.05) is 23.6 Å². The molecule has 1 aromatic heterocycles. The molecule has 28 heavy (non-hydrogen) atoms. The van der Waals surface area contributed by atoms with Crippen molar-refractivity contribution in [3.8, 4) is 29.9 Å². The molecule has 1 heterocycles. The lowest BCUT2D eigenvalue weighted by atomic mass is 10.1. The summed E-state index contributed by atoms with van der Waals surface area (Å²) in [6, 6.07) is 11.5. The fourth-order valence-corrected chi connectivity index (χ4v) is 3.03. The molecule has 0 unspecified atom stereocenters. The van der Waals surface area contributed by atoms with Gasteiger partial charge in [0.15, 0.2) is 11.5 Å². The molecule has 1 N–H and O–H groups in total. The minimum atomic E-state index is 0.0802. The molecule has 0 fully saturated rings. The summed E-state index contributed by atoms with van der Waals surface area (Å²) in [6.45, 7) is 4.38. The van der Waals surface area contributed by atoms with E-state index in [4.69, 9.17) is 27.5 Å². The maximum absolute atomic E-state index is 9.64. The largest absolute Gasteiger partial charge is 0.490 e. The summed E-state index contributed by atoms with van der Waals surface area (Å²) in [7, 11) is 0. The number of rotatable bonds is 6. The quantitative estimate of drug-likeness (QED) is 0.474. The van der Waals surface area contributed by atoms with Crippen LogP contribution in [0.4, 0.5) is 0 Å². The molecule has 0 aliphatic carbocycles. The Labute approximate surface area is 168 Å². The molecule has 0 saturated heterocycles. The number of benzene rings is 2. The van der Waals surface area contributed by atoms with Gasteiger partial charge < -0.3 is 14.5 Å². The van der Waals surface area contributed by atoms with Gasteiger partial charge in [-0.15, -0.1) is 6.42 Å². The van der Waals surface area contributed by atoms with E-state index in [0.717, 1.165) is 16.6 Å². The Kier molecular flexibility index (Phi) is 5.89. The number of aromatic nitrogens is 2. The molecular weight excluding hydrogens is 374 g/mol. The van der Waals surface area contributed by atoms with Gasteiger partial charge in [0.1, 0.15) is 18.5 Å². The summed E-state index contributed by atoms with van der Waals surface area (Å²) < 4.78 is 11.1. The molecule has 3 aromatic rings. The number of terminal acetylenes is 1. The normalized spacial score (nSPS) is 11.1. The number of allylic oxidation sites excluding steroid dienone is 1. The van der Waals surface area contributed by atoms with Crippen molar-refractivity contribution in [1.29, 1.82) is 5.26 Å². The van der Waals surface area contributed by atoms with Crippen molar-refractivity contribution >= 4 is 34.3 Å². The summed E-state index contributed by atoms with van der Waals surface area (Å²) in [5, 5.41) is 10.00. The van der Waals surface area contributed by atoms with Crippen LogP contribution in [-0.4, -0.2) is 23.2 Å². The predicted molar refractivity (Wildman–Crippen MR) is 111 cm³/mol. The number of hydrogen-bond donors (Lipinski definition) is 1. The molecule has 5 nitrogen and oxygen atoms in total. The lowest BCUT2D eigenvalue weighted by Crippen LogP contribution is -2.00. The number of ether oxygens (including phenoxy) is 2. The number of nitrogens with zero attached hydrogens (tertiary/aromatic N) is 2. The van der Waals surface area contributed by atoms with Gasteiger partial charge in [0.05, 0.1) is 28.2 Å². The van der Waals surface area contributed by atoms with E-state index in [9.17, 15) is 5.26 Å². The third kappa shape index (κ3) is 4.11. The van der Waals surface area contributed by atoms with Gasteiger partial charge in [-0.3, -0.25) is 0 Å². The van der Waals surface area contributed by atoms with Gasteiger partial charge in [0.25, 0.3) is 0 Å². The van der Waals surface area contributed by atoms with E-state index in [-0.39, 0.29) is 6.61 Å². The standard InChI is InChI=1S/C22H18ClN3O2/c1-4-8-28-21-17(23)11-15(12-20(21)27-5-2)10-16(13-24)22-25-18-7-6-14(3)9-19(18)26-22/h1,6-7,9-12H,5,8H2,2-3H3,(H,25,26)/b16-10-. The zero-order valence-electron chi connectivity index (χ0n) is 15.5. The molecule has 140 valence electrons.